The molecule has 3 rings (SSSR count). The average Bonchev–Trinajstić information content (AvgIpc) is 2.91. The molecule has 1 heterocycles. The van der Waals surface area contributed by atoms with Crippen molar-refractivity contribution in [2.24, 2.45) is 0 Å². The Morgan fingerprint density at radius 1 is 1.16 bits per heavy atom. The van der Waals surface area contributed by atoms with E-state index in [0.29, 0.717) is 6.04 Å². The van der Waals surface area contributed by atoms with Crippen molar-refractivity contribution in [3.63, 3.8) is 0 Å². The minimum Gasteiger partial charge on any atom is -0.325 e. The van der Waals surface area contributed by atoms with Crippen molar-refractivity contribution in [1.29, 1.82) is 0 Å². The molecule has 0 bridgehead atoms. The highest BCUT2D eigenvalue weighted by molar-refractivity contribution is 9.10. The van der Waals surface area contributed by atoms with Crippen LogP contribution < -0.4 is 5.32 Å². The van der Waals surface area contributed by atoms with Gasteiger partial charge in [0, 0.05) is 22.9 Å². The summed E-state index contributed by atoms with van der Waals surface area (Å²) in [6.45, 7) is 0. The van der Waals surface area contributed by atoms with Crippen molar-refractivity contribution in [3.8, 4) is 0 Å². The van der Waals surface area contributed by atoms with E-state index in [1.54, 1.807) is 0 Å². The molecule has 1 saturated carbocycles. The zero-order valence-corrected chi connectivity index (χ0v) is 12.4. The van der Waals surface area contributed by atoms with Gasteiger partial charge in [0.2, 0.25) is 5.95 Å². The van der Waals surface area contributed by atoms with Gasteiger partial charge in [0.1, 0.15) is 0 Å². The molecule has 0 radical (unpaired) electrons. The summed E-state index contributed by atoms with van der Waals surface area (Å²) in [5.74, 6) is 0.943. The maximum atomic E-state index is 4.46. The van der Waals surface area contributed by atoms with E-state index in [1.807, 2.05) is 24.4 Å². The number of benzene rings is 1. The summed E-state index contributed by atoms with van der Waals surface area (Å²) in [4.78, 5) is 4.46. The summed E-state index contributed by atoms with van der Waals surface area (Å²) in [5, 5.41) is 3.42. The quantitative estimate of drug-likeness (QED) is 0.872. The molecular formula is C15H18BrN3. The van der Waals surface area contributed by atoms with Gasteiger partial charge in [0.25, 0.3) is 0 Å². The number of hydrogen-bond acceptors (Lipinski definition) is 2. The third-order valence-electron chi connectivity index (χ3n) is 3.76. The second-order valence-corrected chi connectivity index (χ2v) is 5.91. The fraction of sp³-hybridized carbons (Fsp3) is 0.400. The Hall–Kier alpha value is -1.29. The highest BCUT2D eigenvalue weighted by Gasteiger charge is 2.17. The molecule has 100 valence electrons. The maximum Gasteiger partial charge on any atom is 0.207 e. The lowest BCUT2D eigenvalue weighted by molar-refractivity contribution is 0.356. The number of imidazole rings is 1. The Kier molecular flexibility index (Phi) is 3.87. The standard InChI is InChI=1S/C15H18BrN3/c16-13-8-4-5-9-14(13)18-15-17-10-11-19(15)12-6-2-1-3-7-12/h4-5,8-12H,1-3,6-7H2,(H,17,18). The van der Waals surface area contributed by atoms with Crippen molar-refractivity contribution in [1.82, 2.24) is 9.55 Å². The predicted octanol–water partition coefficient (Wildman–Crippen LogP) is 4.89. The van der Waals surface area contributed by atoms with Gasteiger partial charge >= 0.3 is 0 Å². The summed E-state index contributed by atoms with van der Waals surface area (Å²) in [6.07, 6.45) is 10.5. The van der Waals surface area contributed by atoms with E-state index in [2.05, 4.69) is 43.1 Å². The van der Waals surface area contributed by atoms with Crippen LogP contribution in [0.3, 0.4) is 0 Å². The van der Waals surface area contributed by atoms with Crippen molar-refractivity contribution in [2.45, 2.75) is 38.1 Å². The van der Waals surface area contributed by atoms with Crippen LogP contribution in [0.2, 0.25) is 0 Å². The van der Waals surface area contributed by atoms with Gasteiger partial charge in [-0.25, -0.2) is 4.98 Å². The lowest BCUT2D eigenvalue weighted by Crippen LogP contribution is -2.14. The summed E-state index contributed by atoms with van der Waals surface area (Å²) in [7, 11) is 0. The van der Waals surface area contributed by atoms with E-state index in [1.165, 1.54) is 32.1 Å². The molecule has 0 unspecified atom stereocenters. The highest BCUT2D eigenvalue weighted by Crippen LogP contribution is 2.32. The SMILES string of the molecule is Brc1ccccc1Nc1nccn1C1CCCCC1. The van der Waals surface area contributed by atoms with Gasteiger partial charge < -0.3 is 9.88 Å². The minimum absolute atomic E-state index is 0.598. The Balaban J connectivity index is 1.82. The molecule has 1 aromatic carbocycles. The largest absolute Gasteiger partial charge is 0.325 e. The van der Waals surface area contributed by atoms with Gasteiger partial charge in [-0.3, -0.25) is 0 Å². The zero-order chi connectivity index (χ0) is 13.1. The fourth-order valence-electron chi connectivity index (χ4n) is 2.75. The third-order valence-corrected chi connectivity index (χ3v) is 4.45. The van der Waals surface area contributed by atoms with Gasteiger partial charge in [-0.2, -0.15) is 0 Å². The number of rotatable bonds is 3. The molecule has 4 heteroatoms. The second kappa shape index (κ2) is 5.78. The lowest BCUT2D eigenvalue weighted by atomic mass is 9.95. The van der Waals surface area contributed by atoms with Crippen LogP contribution in [0.4, 0.5) is 11.6 Å². The molecule has 19 heavy (non-hydrogen) atoms. The second-order valence-electron chi connectivity index (χ2n) is 5.05. The van der Waals surface area contributed by atoms with Crippen LogP contribution >= 0.6 is 15.9 Å². The summed E-state index contributed by atoms with van der Waals surface area (Å²) in [5.41, 5.74) is 1.06. The average molecular weight is 320 g/mol. The molecule has 1 aliphatic rings. The number of aromatic nitrogens is 2. The molecule has 1 N–H and O–H groups in total. The Morgan fingerprint density at radius 2 is 1.95 bits per heavy atom. The van der Waals surface area contributed by atoms with Crippen LogP contribution in [0.15, 0.2) is 41.1 Å². The van der Waals surface area contributed by atoms with Gasteiger partial charge in [-0.1, -0.05) is 31.4 Å². The lowest BCUT2D eigenvalue weighted by Gasteiger charge is -2.24. The fourth-order valence-corrected chi connectivity index (χ4v) is 3.13. The van der Waals surface area contributed by atoms with E-state index in [4.69, 9.17) is 0 Å². The molecule has 3 nitrogen and oxygen atoms in total. The molecule has 0 saturated heterocycles. The molecular weight excluding hydrogens is 302 g/mol. The highest BCUT2D eigenvalue weighted by atomic mass is 79.9. The smallest absolute Gasteiger partial charge is 0.207 e. The van der Waals surface area contributed by atoms with E-state index in [0.717, 1.165) is 16.1 Å². The van der Waals surface area contributed by atoms with Crippen LogP contribution in [0.25, 0.3) is 0 Å². The first-order valence-corrected chi connectivity index (χ1v) is 7.68. The molecule has 1 fully saturated rings. The van der Waals surface area contributed by atoms with E-state index >= 15 is 0 Å². The number of halogens is 1. The van der Waals surface area contributed by atoms with Gasteiger partial charge in [0.15, 0.2) is 0 Å². The minimum atomic E-state index is 0.598. The molecule has 1 aliphatic carbocycles. The molecule has 1 aromatic heterocycles. The van der Waals surface area contributed by atoms with E-state index in [9.17, 15) is 0 Å². The van der Waals surface area contributed by atoms with Crippen LogP contribution in [0.5, 0.6) is 0 Å². The number of para-hydroxylation sites is 1. The Bertz CT molecular complexity index is 544. The first-order chi connectivity index (χ1) is 9.34. The van der Waals surface area contributed by atoms with Crippen molar-refractivity contribution >= 4 is 27.6 Å². The monoisotopic (exact) mass is 319 g/mol. The number of nitrogens with zero attached hydrogens (tertiary/aromatic N) is 2. The van der Waals surface area contributed by atoms with Crippen molar-refractivity contribution < 1.29 is 0 Å². The van der Waals surface area contributed by atoms with Gasteiger partial charge in [0.05, 0.1) is 5.69 Å². The predicted molar refractivity (Wildman–Crippen MR) is 81.8 cm³/mol. The molecule has 0 aliphatic heterocycles. The zero-order valence-electron chi connectivity index (χ0n) is 10.8. The Labute approximate surface area is 122 Å². The molecule has 0 amide bonds. The van der Waals surface area contributed by atoms with Crippen LogP contribution in [-0.2, 0) is 0 Å². The first kappa shape index (κ1) is 12.7. The summed E-state index contributed by atoms with van der Waals surface area (Å²) in [6, 6.07) is 8.74. The number of nitrogens with one attached hydrogen (secondary N) is 1. The summed E-state index contributed by atoms with van der Waals surface area (Å²) < 4.78 is 3.35. The van der Waals surface area contributed by atoms with Crippen LogP contribution in [-0.4, -0.2) is 9.55 Å². The van der Waals surface area contributed by atoms with Gasteiger partial charge in [-0.15, -0.1) is 0 Å². The summed E-state index contributed by atoms with van der Waals surface area (Å²) >= 11 is 3.56. The third kappa shape index (κ3) is 2.84. The van der Waals surface area contributed by atoms with Crippen LogP contribution in [0.1, 0.15) is 38.1 Å². The van der Waals surface area contributed by atoms with E-state index in [-0.39, 0.29) is 0 Å². The topological polar surface area (TPSA) is 29.9 Å². The van der Waals surface area contributed by atoms with Crippen LogP contribution in [0, 0.1) is 0 Å². The Morgan fingerprint density at radius 3 is 2.74 bits per heavy atom. The normalized spacial score (nSPS) is 16.5. The first-order valence-electron chi connectivity index (χ1n) is 6.89. The van der Waals surface area contributed by atoms with Crippen molar-refractivity contribution in [3.05, 3.63) is 41.1 Å². The van der Waals surface area contributed by atoms with Crippen molar-refractivity contribution in [2.75, 3.05) is 5.32 Å². The molecule has 2 aromatic rings. The molecule has 0 atom stereocenters. The number of anilines is 2. The maximum absolute atomic E-state index is 4.46. The van der Waals surface area contributed by atoms with E-state index < -0.39 is 0 Å². The van der Waals surface area contributed by atoms with Gasteiger partial charge in [-0.05, 0) is 40.9 Å². The number of hydrogen-bond donors (Lipinski definition) is 1. The molecule has 0 spiro atoms.